The van der Waals surface area contributed by atoms with Gasteiger partial charge >= 0.3 is 22.4 Å². The van der Waals surface area contributed by atoms with Crippen molar-refractivity contribution in [2.75, 3.05) is 4.90 Å². The first-order valence-corrected chi connectivity index (χ1v) is 19.4. The summed E-state index contributed by atoms with van der Waals surface area (Å²) in [7, 11) is 0. The number of fused-ring (bicyclic) bond motifs is 4. The summed E-state index contributed by atoms with van der Waals surface area (Å²) in [4.78, 5) is 12.5. The fourth-order valence-corrected chi connectivity index (χ4v) is 7.98. The van der Waals surface area contributed by atoms with E-state index >= 15 is 0 Å². The fourth-order valence-electron chi connectivity index (χ4n) is 7.09. The molecule has 5 heteroatoms. The molecule has 0 spiro atoms. The normalized spacial score (nSPS) is 12.4. The second kappa shape index (κ2) is 14.0. The van der Waals surface area contributed by atoms with Gasteiger partial charge in [0.25, 0.3) is 0 Å². The quantitative estimate of drug-likeness (QED) is 0.127. The molecule has 54 heavy (non-hydrogen) atoms. The summed E-state index contributed by atoms with van der Waals surface area (Å²) in [5.41, 5.74) is 12.7. The molecule has 0 N–H and O–H groups in total. The van der Waals surface area contributed by atoms with Crippen molar-refractivity contribution in [2.45, 2.75) is 78.6 Å². The van der Waals surface area contributed by atoms with Crippen LogP contribution >= 0.6 is 11.3 Å². The number of aromatic nitrogens is 2. The molecule has 3 nitrogen and oxygen atoms in total. The molecule has 0 amide bonds. The van der Waals surface area contributed by atoms with Gasteiger partial charge in [-0.25, -0.2) is 0 Å². The van der Waals surface area contributed by atoms with Crippen LogP contribution in [0.1, 0.15) is 79.0 Å². The van der Waals surface area contributed by atoms with E-state index in [1.165, 1.54) is 37.5 Å². The summed E-state index contributed by atoms with van der Waals surface area (Å²) in [5.74, 6) is 0. The van der Waals surface area contributed by atoms with Crippen molar-refractivity contribution in [1.29, 1.82) is 0 Å². The Hall–Kier alpha value is -4.45. The van der Waals surface area contributed by atoms with E-state index in [1.807, 2.05) is 6.20 Å². The molecule has 0 unspecified atom stereocenters. The third kappa shape index (κ3) is 7.09. The first kappa shape index (κ1) is 37.8. The van der Waals surface area contributed by atoms with Crippen molar-refractivity contribution in [3.8, 4) is 22.4 Å². The third-order valence-corrected chi connectivity index (χ3v) is 11.2. The molecule has 5 aromatic carbocycles. The molecule has 0 aliphatic heterocycles. The molecule has 0 saturated carbocycles. The second-order valence-electron chi connectivity index (χ2n) is 17.3. The number of para-hydroxylation sites is 1. The Kier molecular flexibility index (Phi) is 9.81. The van der Waals surface area contributed by atoms with Crippen LogP contribution in [0.2, 0.25) is 0 Å². The van der Waals surface area contributed by atoms with E-state index in [0.29, 0.717) is 0 Å². The molecule has 0 fully saturated rings. The summed E-state index contributed by atoms with van der Waals surface area (Å²) < 4.78 is 1.17. The molecule has 0 saturated heterocycles. The first-order chi connectivity index (χ1) is 25.1. The van der Waals surface area contributed by atoms with Crippen LogP contribution in [-0.2, 0) is 38.6 Å². The Balaban J connectivity index is 0.00000450. The number of pyridine rings is 1. The monoisotopic (exact) mass is 905 g/mol. The van der Waals surface area contributed by atoms with E-state index in [-0.39, 0.29) is 38.6 Å². The van der Waals surface area contributed by atoms with E-state index < -0.39 is 0 Å². The molecule has 3 heterocycles. The Morgan fingerprint density at radius 3 is 2.02 bits per heavy atom. The van der Waals surface area contributed by atoms with Gasteiger partial charge in [0.2, 0.25) is 0 Å². The van der Waals surface area contributed by atoms with Crippen molar-refractivity contribution in [3.63, 3.8) is 0 Å². The summed E-state index contributed by atoms with van der Waals surface area (Å²) >= 11 is 1.73. The molecular formula is C49H46AuN3S. The molecule has 8 rings (SSSR count). The van der Waals surface area contributed by atoms with Gasteiger partial charge in [0.1, 0.15) is 0 Å². The van der Waals surface area contributed by atoms with Crippen molar-refractivity contribution in [3.05, 3.63) is 144 Å². The van der Waals surface area contributed by atoms with Crippen molar-refractivity contribution < 1.29 is 22.4 Å². The number of hydrogen-bond donors (Lipinski definition) is 0. The topological polar surface area (TPSA) is 30.2 Å². The van der Waals surface area contributed by atoms with Gasteiger partial charge in [-0.05, 0) is 79.0 Å². The second-order valence-corrected chi connectivity index (χ2v) is 18.2. The van der Waals surface area contributed by atoms with E-state index in [1.54, 1.807) is 11.3 Å². The van der Waals surface area contributed by atoms with Crippen LogP contribution in [0.4, 0.5) is 17.1 Å². The van der Waals surface area contributed by atoms with E-state index in [2.05, 4.69) is 188 Å². The van der Waals surface area contributed by atoms with Gasteiger partial charge in [0.05, 0.1) is 0 Å². The Morgan fingerprint density at radius 2 is 1.30 bits per heavy atom. The first-order valence-electron chi connectivity index (χ1n) is 18.5. The van der Waals surface area contributed by atoms with Crippen LogP contribution in [0, 0.1) is 12.1 Å². The molecule has 0 bridgehead atoms. The van der Waals surface area contributed by atoms with Crippen LogP contribution in [0.25, 0.3) is 54.3 Å². The van der Waals surface area contributed by atoms with E-state index in [4.69, 9.17) is 9.97 Å². The van der Waals surface area contributed by atoms with Crippen LogP contribution in [0.3, 0.4) is 0 Å². The summed E-state index contributed by atoms with van der Waals surface area (Å²) in [5, 5.41) is 5.74. The molecule has 0 aliphatic carbocycles. The zero-order valence-electron chi connectivity index (χ0n) is 32.5. The standard InChI is InChI=1S/C49H46N3S.Au/c1-47(2,3)34-18-19-43-41(28-34)42-30-36(49(7,8)9)29-40(45(42)51-43)32-14-13-17-38(25-32)52(37-15-11-10-12-16-37)39-26-33(24-35(27-39)48(4,5)6)44-46-31(20-22-50-44)21-23-53-46;/h10-24,27-30H,1-9H3;/q-3;+3. The number of hydrogen-bond acceptors (Lipinski definition) is 3. The van der Waals surface area contributed by atoms with Crippen molar-refractivity contribution >= 4 is 60.3 Å². The number of nitrogens with zero attached hydrogens (tertiary/aromatic N) is 3. The molecule has 3 aromatic heterocycles. The number of rotatable bonds is 5. The predicted molar refractivity (Wildman–Crippen MR) is 227 cm³/mol. The Morgan fingerprint density at radius 1 is 0.611 bits per heavy atom. The third-order valence-electron chi connectivity index (χ3n) is 10.3. The van der Waals surface area contributed by atoms with Gasteiger partial charge in [-0.15, -0.1) is 70.2 Å². The van der Waals surface area contributed by atoms with Crippen molar-refractivity contribution in [1.82, 2.24) is 9.97 Å². The minimum Gasteiger partial charge on any atom is -0.664 e. The SMILES string of the molecule is CC(C)(C)c1cc(-c2nccc3ccsc23)[c-]c(N(c2[c-]c(-c3cc(C(C)(C)C)cc4c3[n-]c3ccc(C(C)(C)C)cc34)ccc2)c2ccccc2)c1.[Au+3]. The summed E-state index contributed by atoms with van der Waals surface area (Å²) in [6.45, 7) is 20.5. The average Bonchev–Trinajstić information content (AvgIpc) is 3.75. The van der Waals surface area contributed by atoms with Gasteiger partial charge < -0.3 is 14.9 Å². The van der Waals surface area contributed by atoms with Crippen LogP contribution in [0.15, 0.2) is 115 Å². The van der Waals surface area contributed by atoms with Gasteiger partial charge in [-0.1, -0.05) is 116 Å². The van der Waals surface area contributed by atoms with Gasteiger partial charge in [0.15, 0.2) is 0 Å². The van der Waals surface area contributed by atoms with E-state index in [0.717, 1.165) is 50.5 Å². The maximum absolute atomic E-state index is 5.29. The number of thiophene rings is 1. The Labute approximate surface area is 340 Å². The average molecular weight is 906 g/mol. The Bertz CT molecular complexity index is 2630. The molecular weight excluding hydrogens is 860 g/mol. The maximum Gasteiger partial charge on any atom is 3.00 e. The maximum atomic E-state index is 5.29. The molecule has 8 aromatic rings. The smallest absolute Gasteiger partial charge is 0.664 e. The van der Waals surface area contributed by atoms with Gasteiger partial charge in [-0.3, -0.25) is 0 Å². The van der Waals surface area contributed by atoms with Gasteiger partial charge in [-0.2, -0.15) is 16.9 Å². The summed E-state index contributed by atoms with van der Waals surface area (Å²) in [6.07, 6.45) is 1.91. The van der Waals surface area contributed by atoms with Crippen molar-refractivity contribution in [2.24, 2.45) is 0 Å². The number of benzene rings is 5. The molecule has 0 aliphatic rings. The van der Waals surface area contributed by atoms with Crippen LogP contribution in [-0.4, -0.2) is 4.98 Å². The minimum atomic E-state index is -0.104. The van der Waals surface area contributed by atoms with Gasteiger partial charge in [0, 0.05) is 22.3 Å². The fraction of sp³-hybridized carbons (Fsp3) is 0.245. The van der Waals surface area contributed by atoms with Crippen LogP contribution < -0.4 is 9.88 Å². The largest absolute Gasteiger partial charge is 3.00 e. The molecule has 274 valence electrons. The zero-order valence-corrected chi connectivity index (χ0v) is 35.5. The van der Waals surface area contributed by atoms with E-state index in [9.17, 15) is 0 Å². The molecule has 0 radical (unpaired) electrons. The van der Waals surface area contributed by atoms with Crippen LogP contribution in [0.5, 0.6) is 0 Å². The minimum absolute atomic E-state index is 0. The number of anilines is 3. The summed E-state index contributed by atoms with van der Waals surface area (Å²) in [6, 6.07) is 45.0. The zero-order chi connectivity index (χ0) is 37.3. The molecule has 0 atom stereocenters. The predicted octanol–water partition coefficient (Wildman–Crippen LogP) is 13.9.